The molecule has 122 valence electrons. The summed E-state index contributed by atoms with van der Waals surface area (Å²) in [5.74, 6) is -0.261. The monoisotopic (exact) mass is 306 g/mol. The lowest BCUT2D eigenvalue weighted by Gasteiger charge is -2.15. The summed E-state index contributed by atoms with van der Waals surface area (Å²) >= 11 is 0. The largest absolute Gasteiger partial charge is 0.335 e. The molecule has 0 aliphatic heterocycles. The van der Waals surface area contributed by atoms with E-state index in [2.05, 4.69) is 41.8 Å². The number of aryl methyl sites for hydroxylation is 1. The van der Waals surface area contributed by atoms with E-state index in [1.165, 1.54) is 11.1 Å². The van der Waals surface area contributed by atoms with Crippen molar-refractivity contribution in [2.24, 2.45) is 0 Å². The molecule has 0 saturated carbocycles. The highest BCUT2D eigenvalue weighted by atomic mass is 16.2. The van der Waals surface area contributed by atoms with Crippen molar-refractivity contribution in [3.63, 3.8) is 0 Å². The van der Waals surface area contributed by atoms with Crippen molar-refractivity contribution in [3.8, 4) is 0 Å². The number of nitrogens with one attached hydrogen (secondary N) is 3. The number of amides is 3. The van der Waals surface area contributed by atoms with Gasteiger partial charge in [0.2, 0.25) is 0 Å². The van der Waals surface area contributed by atoms with Crippen LogP contribution in [0.3, 0.4) is 0 Å². The summed E-state index contributed by atoms with van der Waals surface area (Å²) in [6.07, 6.45) is 1.86. The molecule has 5 heteroatoms. The molecule has 3 amide bonds. The van der Waals surface area contributed by atoms with E-state index < -0.39 is 6.03 Å². The first-order chi connectivity index (χ1) is 10.4. The number of rotatable bonds is 7. The SMILES string of the molecule is CCc1ccc(C[NH+](C)CC(=O)NC(=O)N[C@H](C)CC)cc1. The lowest BCUT2D eigenvalue weighted by Crippen LogP contribution is -3.09. The van der Waals surface area contributed by atoms with Gasteiger partial charge in [0.05, 0.1) is 7.05 Å². The van der Waals surface area contributed by atoms with E-state index in [1.54, 1.807) is 0 Å². The Labute approximate surface area is 133 Å². The van der Waals surface area contributed by atoms with E-state index in [0.29, 0.717) is 0 Å². The smallest absolute Gasteiger partial charge is 0.321 e. The van der Waals surface area contributed by atoms with Crippen molar-refractivity contribution >= 4 is 11.9 Å². The molecule has 5 nitrogen and oxygen atoms in total. The molecule has 1 unspecified atom stereocenters. The van der Waals surface area contributed by atoms with Crippen LogP contribution < -0.4 is 15.5 Å². The highest BCUT2D eigenvalue weighted by Crippen LogP contribution is 2.03. The minimum absolute atomic E-state index is 0.0648. The number of hydrogen-bond acceptors (Lipinski definition) is 2. The number of hydrogen-bond donors (Lipinski definition) is 3. The number of imide groups is 1. The summed E-state index contributed by atoms with van der Waals surface area (Å²) in [6, 6.07) is 8.06. The molecule has 1 aromatic carbocycles. The first-order valence-corrected chi connectivity index (χ1v) is 7.94. The van der Waals surface area contributed by atoms with E-state index in [0.717, 1.165) is 24.3 Å². The lowest BCUT2D eigenvalue weighted by atomic mass is 10.1. The van der Waals surface area contributed by atoms with Gasteiger partial charge in [-0.3, -0.25) is 10.1 Å². The summed E-state index contributed by atoms with van der Waals surface area (Å²) in [6.45, 7) is 7.03. The molecule has 0 spiro atoms. The second kappa shape index (κ2) is 9.20. The number of carbonyl (C=O) groups excluding carboxylic acids is 2. The van der Waals surface area contributed by atoms with Crippen LogP contribution in [0.4, 0.5) is 4.79 Å². The average Bonchev–Trinajstić information content (AvgIpc) is 2.47. The third-order valence-electron chi connectivity index (χ3n) is 3.64. The van der Waals surface area contributed by atoms with Crippen molar-refractivity contribution in [1.82, 2.24) is 10.6 Å². The normalized spacial score (nSPS) is 13.3. The van der Waals surface area contributed by atoms with Gasteiger partial charge < -0.3 is 10.2 Å². The molecule has 1 rings (SSSR count). The Morgan fingerprint density at radius 3 is 2.27 bits per heavy atom. The Hall–Kier alpha value is -1.88. The van der Waals surface area contributed by atoms with E-state index in [-0.39, 0.29) is 18.5 Å². The predicted octanol–water partition coefficient (Wildman–Crippen LogP) is 0.888. The Bertz CT molecular complexity index is 485. The van der Waals surface area contributed by atoms with Crippen molar-refractivity contribution < 1.29 is 14.5 Å². The van der Waals surface area contributed by atoms with E-state index >= 15 is 0 Å². The van der Waals surface area contributed by atoms with Crippen molar-refractivity contribution in [3.05, 3.63) is 35.4 Å². The van der Waals surface area contributed by atoms with Crippen LogP contribution >= 0.6 is 0 Å². The van der Waals surface area contributed by atoms with Crippen LogP contribution in [0, 0.1) is 0 Å². The summed E-state index contributed by atoms with van der Waals surface area (Å²) in [5, 5.41) is 5.09. The molecule has 0 saturated heterocycles. The third-order valence-corrected chi connectivity index (χ3v) is 3.64. The van der Waals surface area contributed by atoms with Gasteiger partial charge in [-0.25, -0.2) is 4.79 Å². The van der Waals surface area contributed by atoms with Crippen LogP contribution in [-0.2, 0) is 17.8 Å². The Balaban J connectivity index is 2.38. The van der Waals surface area contributed by atoms with Gasteiger partial charge >= 0.3 is 6.03 Å². The van der Waals surface area contributed by atoms with Gasteiger partial charge in [0.25, 0.3) is 5.91 Å². The van der Waals surface area contributed by atoms with Crippen LogP contribution in [0.1, 0.15) is 38.3 Å². The maximum Gasteiger partial charge on any atom is 0.321 e. The quantitative estimate of drug-likeness (QED) is 0.700. The zero-order chi connectivity index (χ0) is 16.5. The van der Waals surface area contributed by atoms with Crippen molar-refractivity contribution in [1.29, 1.82) is 0 Å². The van der Waals surface area contributed by atoms with Gasteiger partial charge in [-0.05, 0) is 25.3 Å². The predicted molar refractivity (Wildman–Crippen MR) is 87.7 cm³/mol. The number of quaternary nitrogens is 1. The molecule has 0 aromatic heterocycles. The van der Waals surface area contributed by atoms with Gasteiger partial charge in [0.15, 0.2) is 6.54 Å². The fourth-order valence-electron chi connectivity index (χ4n) is 2.11. The van der Waals surface area contributed by atoms with Crippen LogP contribution in [0.15, 0.2) is 24.3 Å². The molecule has 0 fully saturated rings. The van der Waals surface area contributed by atoms with Gasteiger partial charge in [0.1, 0.15) is 6.54 Å². The maximum absolute atomic E-state index is 11.8. The standard InChI is InChI=1S/C17H27N3O2/c1-5-13(3)18-17(22)19-16(21)12-20(4)11-15-9-7-14(6-2)8-10-15/h7-10,13H,5-6,11-12H2,1-4H3,(H2,18,19,21,22)/p+1/t13-/m1/s1. The lowest BCUT2D eigenvalue weighted by molar-refractivity contribution is -0.885. The molecule has 0 aliphatic rings. The van der Waals surface area contributed by atoms with Crippen molar-refractivity contribution in [2.75, 3.05) is 13.6 Å². The number of carbonyl (C=O) groups is 2. The number of benzene rings is 1. The molecule has 22 heavy (non-hydrogen) atoms. The Morgan fingerprint density at radius 2 is 1.73 bits per heavy atom. The maximum atomic E-state index is 11.8. The minimum Gasteiger partial charge on any atom is -0.335 e. The van der Waals surface area contributed by atoms with E-state index in [9.17, 15) is 9.59 Å². The van der Waals surface area contributed by atoms with Gasteiger partial charge in [-0.2, -0.15) is 0 Å². The zero-order valence-electron chi connectivity index (χ0n) is 14.0. The van der Waals surface area contributed by atoms with Gasteiger partial charge in [-0.1, -0.05) is 38.1 Å². The third kappa shape index (κ3) is 6.72. The molecular weight excluding hydrogens is 278 g/mol. The highest BCUT2D eigenvalue weighted by Gasteiger charge is 2.14. The first kappa shape index (κ1) is 18.2. The molecule has 1 aromatic rings. The second-order valence-corrected chi connectivity index (χ2v) is 5.81. The molecule has 2 atom stereocenters. The Kier molecular flexibility index (Phi) is 7.60. The summed E-state index contributed by atoms with van der Waals surface area (Å²) in [5.41, 5.74) is 2.49. The number of urea groups is 1. The van der Waals surface area contributed by atoms with E-state index in [1.807, 2.05) is 20.9 Å². The summed E-state index contributed by atoms with van der Waals surface area (Å²) in [7, 11) is 1.94. The van der Waals surface area contributed by atoms with Crippen LogP contribution in [0.2, 0.25) is 0 Å². The molecule has 0 bridgehead atoms. The molecule has 0 radical (unpaired) electrons. The fourth-order valence-corrected chi connectivity index (χ4v) is 2.11. The first-order valence-electron chi connectivity index (χ1n) is 7.94. The Morgan fingerprint density at radius 1 is 1.14 bits per heavy atom. The minimum atomic E-state index is -0.417. The van der Waals surface area contributed by atoms with Crippen LogP contribution in [0.5, 0.6) is 0 Å². The fraction of sp³-hybridized carbons (Fsp3) is 0.529. The van der Waals surface area contributed by atoms with E-state index in [4.69, 9.17) is 0 Å². The summed E-state index contributed by atoms with van der Waals surface area (Å²) < 4.78 is 0. The average molecular weight is 306 g/mol. The molecule has 0 aliphatic carbocycles. The second-order valence-electron chi connectivity index (χ2n) is 5.81. The van der Waals surface area contributed by atoms with Gasteiger partial charge in [0, 0.05) is 11.6 Å². The number of likely N-dealkylation sites (N-methyl/N-ethyl adjacent to an activating group) is 1. The van der Waals surface area contributed by atoms with Crippen LogP contribution in [0.25, 0.3) is 0 Å². The van der Waals surface area contributed by atoms with Crippen molar-refractivity contribution in [2.45, 2.75) is 46.2 Å². The summed E-state index contributed by atoms with van der Waals surface area (Å²) in [4.78, 5) is 24.5. The molecular formula is C17H28N3O2+. The molecule has 0 heterocycles. The highest BCUT2D eigenvalue weighted by molar-refractivity contribution is 5.94. The van der Waals surface area contributed by atoms with Crippen LogP contribution in [-0.4, -0.2) is 31.6 Å². The topological polar surface area (TPSA) is 62.6 Å². The molecule has 3 N–H and O–H groups in total. The zero-order valence-corrected chi connectivity index (χ0v) is 14.0. The van der Waals surface area contributed by atoms with Gasteiger partial charge in [-0.15, -0.1) is 0 Å².